The normalized spacial score (nSPS) is 14.1. The van der Waals surface area contributed by atoms with E-state index in [2.05, 4.69) is 4.90 Å². The van der Waals surface area contributed by atoms with Crippen LogP contribution in [-0.2, 0) is 13.6 Å². The third kappa shape index (κ3) is 6.76. The number of aliphatic hydroxyl groups excluding tert-OH is 1. The van der Waals surface area contributed by atoms with E-state index in [9.17, 15) is 9.50 Å². The van der Waals surface area contributed by atoms with Crippen molar-refractivity contribution in [2.45, 2.75) is 25.5 Å². The van der Waals surface area contributed by atoms with Gasteiger partial charge in [-0.2, -0.15) is 5.10 Å². The monoisotopic (exact) mass is 501 g/mol. The van der Waals surface area contributed by atoms with Crippen molar-refractivity contribution >= 4 is 0 Å². The molecule has 1 aromatic heterocycles. The summed E-state index contributed by atoms with van der Waals surface area (Å²) in [6.45, 7) is 2.05. The largest absolute Gasteiger partial charge is 0.491 e. The summed E-state index contributed by atoms with van der Waals surface area (Å²) in [6, 6.07) is 25.6. The number of aliphatic hydroxyl groups is 1. The molecule has 0 aliphatic heterocycles. The number of ether oxygens (including phenoxy) is 2. The lowest BCUT2D eigenvalue weighted by molar-refractivity contribution is 0.0637. The summed E-state index contributed by atoms with van der Waals surface area (Å²) in [7, 11) is 1.83. The fourth-order valence-electron chi connectivity index (χ4n) is 4.45. The molecule has 3 aromatic carbocycles. The van der Waals surface area contributed by atoms with Crippen LogP contribution < -0.4 is 9.47 Å². The Kier molecular flexibility index (Phi) is 7.82. The Morgan fingerprint density at radius 2 is 1.70 bits per heavy atom. The quantitative estimate of drug-likeness (QED) is 0.271. The number of hydrogen-bond acceptors (Lipinski definition) is 5. The number of nitrogens with zero attached hydrogens (tertiary/aromatic N) is 3. The second-order valence-corrected chi connectivity index (χ2v) is 9.60. The van der Waals surface area contributed by atoms with Crippen LogP contribution in [0.25, 0.3) is 11.3 Å². The average molecular weight is 502 g/mol. The summed E-state index contributed by atoms with van der Waals surface area (Å²) in [6.07, 6.45) is 1.72. The molecule has 5 rings (SSSR count). The van der Waals surface area contributed by atoms with Crippen LogP contribution in [-0.4, -0.2) is 45.6 Å². The van der Waals surface area contributed by atoms with Crippen LogP contribution in [0.4, 0.5) is 4.39 Å². The SMILES string of the molecule is Cn1nc(-c2ccccc2)c(CN(CC2CC2)C[C@@H](O)COc2ccccc2)c1Oc1cccc(F)c1. The van der Waals surface area contributed by atoms with Gasteiger partial charge in [-0.3, -0.25) is 4.90 Å². The molecule has 0 bridgehead atoms. The first-order valence-corrected chi connectivity index (χ1v) is 12.7. The Morgan fingerprint density at radius 3 is 2.41 bits per heavy atom. The highest BCUT2D eigenvalue weighted by Gasteiger charge is 2.28. The minimum absolute atomic E-state index is 0.205. The Morgan fingerprint density at radius 1 is 1.00 bits per heavy atom. The predicted molar refractivity (Wildman–Crippen MR) is 141 cm³/mol. The Bertz CT molecular complexity index is 1290. The summed E-state index contributed by atoms with van der Waals surface area (Å²) in [5, 5.41) is 15.6. The van der Waals surface area contributed by atoms with Crippen molar-refractivity contribution in [3.63, 3.8) is 0 Å². The second-order valence-electron chi connectivity index (χ2n) is 9.60. The maximum absolute atomic E-state index is 13.9. The molecule has 6 nitrogen and oxygen atoms in total. The minimum Gasteiger partial charge on any atom is -0.491 e. The zero-order valence-electron chi connectivity index (χ0n) is 21.0. The highest BCUT2D eigenvalue weighted by atomic mass is 19.1. The lowest BCUT2D eigenvalue weighted by Gasteiger charge is -2.25. The molecule has 37 heavy (non-hydrogen) atoms. The van der Waals surface area contributed by atoms with E-state index in [-0.39, 0.29) is 12.4 Å². The molecule has 1 aliphatic carbocycles. The van der Waals surface area contributed by atoms with E-state index in [0.29, 0.717) is 30.6 Å². The van der Waals surface area contributed by atoms with E-state index < -0.39 is 6.10 Å². The van der Waals surface area contributed by atoms with Crippen molar-refractivity contribution in [2.75, 3.05) is 19.7 Å². The summed E-state index contributed by atoms with van der Waals surface area (Å²) in [5.41, 5.74) is 2.68. The number of hydrogen-bond donors (Lipinski definition) is 1. The number of aromatic nitrogens is 2. The van der Waals surface area contributed by atoms with Crippen molar-refractivity contribution in [1.82, 2.24) is 14.7 Å². The molecule has 1 aliphatic rings. The molecule has 1 atom stereocenters. The first-order chi connectivity index (χ1) is 18.0. The molecular weight excluding hydrogens is 469 g/mol. The van der Waals surface area contributed by atoms with Gasteiger partial charge in [0.25, 0.3) is 0 Å². The van der Waals surface area contributed by atoms with Crippen molar-refractivity contribution in [3.8, 4) is 28.6 Å². The lowest BCUT2D eigenvalue weighted by Crippen LogP contribution is -2.36. The molecule has 7 heteroatoms. The van der Waals surface area contributed by atoms with Crippen LogP contribution in [0.5, 0.6) is 17.4 Å². The van der Waals surface area contributed by atoms with Gasteiger partial charge in [-0.1, -0.05) is 54.6 Å². The first kappa shape index (κ1) is 25.0. The van der Waals surface area contributed by atoms with Gasteiger partial charge < -0.3 is 14.6 Å². The number of para-hydroxylation sites is 1. The summed E-state index contributed by atoms with van der Waals surface area (Å²) < 4.78 is 27.6. The molecule has 0 saturated heterocycles. The molecule has 1 N–H and O–H groups in total. The van der Waals surface area contributed by atoms with Crippen LogP contribution in [0.3, 0.4) is 0 Å². The van der Waals surface area contributed by atoms with Crippen molar-refractivity contribution in [3.05, 3.63) is 96.3 Å². The fourth-order valence-corrected chi connectivity index (χ4v) is 4.45. The first-order valence-electron chi connectivity index (χ1n) is 12.7. The van der Waals surface area contributed by atoms with Crippen molar-refractivity contribution in [1.29, 1.82) is 0 Å². The van der Waals surface area contributed by atoms with E-state index in [1.54, 1.807) is 16.8 Å². The number of benzene rings is 3. The topological polar surface area (TPSA) is 59.8 Å². The Labute approximate surface area is 216 Å². The summed E-state index contributed by atoms with van der Waals surface area (Å²) in [5.74, 6) is 1.96. The second kappa shape index (κ2) is 11.6. The molecule has 0 radical (unpaired) electrons. The van der Waals surface area contributed by atoms with Crippen LogP contribution in [0.2, 0.25) is 0 Å². The van der Waals surface area contributed by atoms with Gasteiger partial charge in [0.15, 0.2) is 0 Å². The molecule has 192 valence electrons. The Hall–Kier alpha value is -3.68. The van der Waals surface area contributed by atoms with E-state index in [1.807, 2.05) is 67.7 Å². The van der Waals surface area contributed by atoms with Gasteiger partial charge >= 0.3 is 0 Å². The highest BCUT2D eigenvalue weighted by molar-refractivity contribution is 5.65. The van der Waals surface area contributed by atoms with Gasteiger partial charge in [0, 0.05) is 38.3 Å². The predicted octanol–water partition coefficient (Wildman–Crippen LogP) is 5.67. The molecule has 4 aromatic rings. The van der Waals surface area contributed by atoms with E-state index in [0.717, 1.165) is 29.1 Å². The van der Waals surface area contributed by atoms with E-state index in [4.69, 9.17) is 14.6 Å². The summed E-state index contributed by atoms with van der Waals surface area (Å²) in [4.78, 5) is 2.25. The van der Waals surface area contributed by atoms with Crippen LogP contribution in [0, 0.1) is 11.7 Å². The fraction of sp³-hybridized carbons (Fsp3) is 0.300. The van der Waals surface area contributed by atoms with Gasteiger partial charge in [0.1, 0.15) is 35.7 Å². The molecule has 0 spiro atoms. The van der Waals surface area contributed by atoms with Gasteiger partial charge in [-0.15, -0.1) is 0 Å². The molecule has 1 saturated carbocycles. The van der Waals surface area contributed by atoms with Crippen LogP contribution >= 0.6 is 0 Å². The average Bonchev–Trinajstić information content (AvgIpc) is 3.68. The van der Waals surface area contributed by atoms with Gasteiger partial charge in [0.05, 0.1) is 5.56 Å². The third-order valence-corrected chi connectivity index (χ3v) is 6.40. The molecule has 1 fully saturated rings. The molecule has 0 unspecified atom stereocenters. The minimum atomic E-state index is -0.664. The van der Waals surface area contributed by atoms with Gasteiger partial charge in [-0.25, -0.2) is 9.07 Å². The maximum atomic E-state index is 13.9. The standard InChI is InChI=1S/C30H32FN3O3/c1-33-30(37-27-14-8-11-24(31)17-27)28(29(32-33)23-9-4-2-5-10-23)20-34(18-22-15-16-22)19-25(35)21-36-26-12-6-3-7-13-26/h2-14,17,22,25,35H,15-16,18-21H2,1H3/t25-/m1/s1. The lowest BCUT2D eigenvalue weighted by atomic mass is 10.1. The zero-order chi connectivity index (χ0) is 25.6. The van der Waals surface area contributed by atoms with Crippen molar-refractivity contribution < 1.29 is 19.0 Å². The van der Waals surface area contributed by atoms with Gasteiger partial charge in [-0.05, 0) is 43.0 Å². The van der Waals surface area contributed by atoms with E-state index >= 15 is 0 Å². The third-order valence-electron chi connectivity index (χ3n) is 6.40. The Balaban J connectivity index is 1.40. The zero-order valence-corrected chi connectivity index (χ0v) is 21.0. The number of rotatable bonds is 12. The van der Waals surface area contributed by atoms with Crippen molar-refractivity contribution in [2.24, 2.45) is 13.0 Å². The van der Waals surface area contributed by atoms with Gasteiger partial charge in [0.2, 0.25) is 5.88 Å². The molecule has 0 amide bonds. The van der Waals surface area contributed by atoms with Crippen LogP contribution in [0.1, 0.15) is 18.4 Å². The number of aryl methyl sites for hydroxylation is 1. The van der Waals surface area contributed by atoms with Crippen LogP contribution in [0.15, 0.2) is 84.9 Å². The molecule has 1 heterocycles. The smallest absolute Gasteiger partial charge is 0.222 e. The maximum Gasteiger partial charge on any atom is 0.222 e. The summed E-state index contributed by atoms with van der Waals surface area (Å²) >= 11 is 0. The number of halogens is 1. The van der Waals surface area contributed by atoms with E-state index in [1.165, 1.54) is 25.0 Å². The molecular formula is C30H32FN3O3. The highest BCUT2D eigenvalue weighted by Crippen LogP contribution is 2.36.